The first-order chi connectivity index (χ1) is 22.4. The molecule has 3 unspecified atom stereocenters. The summed E-state index contributed by atoms with van der Waals surface area (Å²) >= 11 is 0. The van der Waals surface area contributed by atoms with Gasteiger partial charge in [0.05, 0.1) is 18.8 Å². The smallest absolute Gasteiger partial charge is 0.220 e. The van der Waals surface area contributed by atoms with Gasteiger partial charge in [0.25, 0.3) is 0 Å². The normalized spacial score (nSPS) is 13.9. The topological polar surface area (TPSA) is 69.6 Å². The largest absolute Gasteiger partial charge is 0.394 e. The highest BCUT2D eigenvalue weighted by Crippen LogP contribution is 2.17. The quantitative estimate of drug-likeness (QED) is 0.0467. The Morgan fingerprint density at radius 3 is 1.39 bits per heavy atom. The van der Waals surface area contributed by atoms with Crippen molar-refractivity contribution in [2.75, 3.05) is 6.61 Å². The Balaban J connectivity index is 3.55. The van der Waals surface area contributed by atoms with E-state index in [1.165, 1.54) is 161 Å². The van der Waals surface area contributed by atoms with Gasteiger partial charge in [-0.15, -0.1) is 0 Å². The molecule has 274 valence electrons. The lowest BCUT2D eigenvalue weighted by atomic mass is 9.99. The summed E-state index contributed by atoms with van der Waals surface area (Å²) in [5.41, 5.74) is 0. The van der Waals surface area contributed by atoms with Crippen molar-refractivity contribution >= 4 is 5.91 Å². The van der Waals surface area contributed by atoms with Crippen molar-refractivity contribution in [2.45, 2.75) is 232 Å². The van der Waals surface area contributed by atoms with Crippen LogP contribution in [-0.4, -0.2) is 34.9 Å². The fraction of sp³-hybridized carbons (Fsp3) is 0.929. The summed E-state index contributed by atoms with van der Waals surface area (Å²) < 4.78 is 0. The van der Waals surface area contributed by atoms with Crippen LogP contribution in [0, 0.1) is 11.8 Å². The van der Waals surface area contributed by atoms with E-state index in [9.17, 15) is 15.0 Å². The van der Waals surface area contributed by atoms with E-state index in [-0.39, 0.29) is 12.5 Å². The molecule has 3 atom stereocenters. The van der Waals surface area contributed by atoms with Crippen LogP contribution < -0.4 is 5.32 Å². The fourth-order valence-electron chi connectivity index (χ4n) is 6.40. The third-order valence-corrected chi connectivity index (χ3v) is 9.99. The molecule has 0 aromatic heterocycles. The Labute approximate surface area is 288 Å². The average molecular weight is 650 g/mol. The van der Waals surface area contributed by atoms with Gasteiger partial charge in [-0.3, -0.25) is 4.79 Å². The van der Waals surface area contributed by atoms with Crippen LogP contribution in [0.4, 0.5) is 0 Å². The number of carbonyl (C=O) groups excluding carboxylic acids is 1. The SMILES string of the molecule is CCC(C)CCCCCCCCCC/C=C/C(O)C(CO)NC(=O)CCCCCCCCCCCCCCCCCCCC(C)C. The summed E-state index contributed by atoms with van der Waals surface area (Å²) in [5.74, 6) is 1.69. The lowest BCUT2D eigenvalue weighted by Crippen LogP contribution is -2.45. The summed E-state index contributed by atoms with van der Waals surface area (Å²) in [6.45, 7) is 9.06. The second-order valence-electron chi connectivity index (χ2n) is 15.1. The lowest BCUT2D eigenvalue weighted by Gasteiger charge is -2.20. The minimum absolute atomic E-state index is 0.0620. The van der Waals surface area contributed by atoms with Gasteiger partial charge in [0, 0.05) is 6.42 Å². The Morgan fingerprint density at radius 2 is 0.978 bits per heavy atom. The van der Waals surface area contributed by atoms with E-state index in [2.05, 4.69) is 33.0 Å². The molecule has 0 saturated carbocycles. The molecule has 0 fully saturated rings. The highest BCUT2D eigenvalue weighted by Gasteiger charge is 2.17. The Hall–Kier alpha value is -0.870. The van der Waals surface area contributed by atoms with Gasteiger partial charge in [-0.25, -0.2) is 0 Å². The Kier molecular flexibility index (Phi) is 34.8. The average Bonchev–Trinajstić information content (AvgIpc) is 3.04. The monoisotopic (exact) mass is 650 g/mol. The van der Waals surface area contributed by atoms with E-state index in [1.54, 1.807) is 6.08 Å². The predicted molar refractivity (Wildman–Crippen MR) is 202 cm³/mol. The zero-order valence-corrected chi connectivity index (χ0v) is 31.7. The van der Waals surface area contributed by atoms with Gasteiger partial charge in [-0.1, -0.05) is 207 Å². The number of rotatable bonds is 36. The van der Waals surface area contributed by atoms with Crippen LogP contribution in [0.5, 0.6) is 0 Å². The molecule has 0 bridgehead atoms. The molecule has 4 nitrogen and oxygen atoms in total. The van der Waals surface area contributed by atoms with Crippen molar-refractivity contribution in [2.24, 2.45) is 11.8 Å². The van der Waals surface area contributed by atoms with E-state index in [4.69, 9.17) is 0 Å². The Bertz CT molecular complexity index is 649. The number of carbonyl (C=O) groups is 1. The molecule has 0 spiro atoms. The van der Waals surface area contributed by atoms with Gasteiger partial charge in [0.1, 0.15) is 0 Å². The van der Waals surface area contributed by atoms with Crippen molar-refractivity contribution in [1.82, 2.24) is 5.32 Å². The first-order valence-electron chi connectivity index (χ1n) is 20.7. The van der Waals surface area contributed by atoms with Crippen LogP contribution in [0.15, 0.2) is 12.2 Å². The molecular weight excluding hydrogens is 566 g/mol. The summed E-state index contributed by atoms with van der Waals surface area (Å²) in [4.78, 5) is 12.4. The lowest BCUT2D eigenvalue weighted by molar-refractivity contribution is -0.123. The van der Waals surface area contributed by atoms with Crippen LogP contribution in [-0.2, 0) is 4.79 Å². The van der Waals surface area contributed by atoms with Crippen molar-refractivity contribution in [3.8, 4) is 0 Å². The third-order valence-electron chi connectivity index (χ3n) is 9.99. The minimum Gasteiger partial charge on any atom is -0.394 e. The number of aliphatic hydroxyl groups is 2. The first kappa shape index (κ1) is 45.1. The highest BCUT2D eigenvalue weighted by molar-refractivity contribution is 5.76. The van der Waals surface area contributed by atoms with Crippen LogP contribution in [0.2, 0.25) is 0 Å². The predicted octanol–water partition coefficient (Wildman–Crippen LogP) is 12.4. The maximum Gasteiger partial charge on any atom is 0.220 e. The molecule has 0 aliphatic carbocycles. The van der Waals surface area contributed by atoms with Crippen LogP contribution in [0.1, 0.15) is 220 Å². The molecule has 1 amide bonds. The number of hydrogen-bond acceptors (Lipinski definition) is 3. The van der Waals surface area contributed by atoms with Crippen molar-refractivity contribution in [1.29, 1.82) is 0 Å². The van der Waals surface area contributed by atoms with E-state index in [1.807, 2.05) is 6.08 Å². The third kappa shape index (κ3) is 33.0. The second kappa shape index (κ2) is 35.4. The van der Waals surface area contributed by atoms with E-state index in [0.29, 0.717) is 6.42 Å². The second-order valence-corrected chi connectivity index (χ2v) is 15.1. The van der Waals surface area contributed by atoms with Gasteiger partial charge in [-0.05, 0) is 31.1 Å². The zero-order valence-electron chi connectivity index (χ0n) is 31.7. The number of nitrogens with one attached hydrogen (secondary N) is 1. The summed E-state index contributed by atoms with van der Waals surface area (Å²) in [6, 6.07) is -0.617. The Morgan fingerprint density at radius 1 is 0.587 bits per heavy atom. The molecule has 3 N–H and O–H groups in total. The standard InChI is InChI=1S/C42H83NO3/c1-5-39(4)34-30-26-22-18-15-16-19-23-27-31-35-41(45)40(37-44)43-42(46)36-32-28-24-20-14-12-10-8-6-7-9-11-13-17-21-25-29-33-38(2)3/h31,35,38-41,44-45H,5-30,32-34,36-37H2,1-4H3,(H,43,46)/b35-31+. The van der Waals surface area contributed by atoms with Gasteiger partial charge >= 0.3 is 0 Å². The van der Waals surface area contributed by atoms with E-state index >= 15 is 0 Å². The number of hydrogen-bond donors (Lipinski definition) is 3. The van der Waals surface area contributed by atoms with Crippen molar-refractivity contribution < 1.29 is 15.0 Å². The minimum atomic E-state index is -0.835. The molecular formula is C42H83NO3. The van der Waals surface area contributed by atoms with Gasteiger partial charge in [0.15, 0.2) is 0 Å². The molecule has 0 radical (unpaired) electrons. The summed E-state index contributed by atoms with van der Waals surface area (Å²) in [7, 11) is 0. The van der Waals surface area contributed by atoms with Gasteiger partial charge < -0.3 is 15.5 Å². The molecule has 0 rings (SSSR count). The molecule has 0 aromatic rings. The molecule has 4 heteroatoms. The number of amides is 1. The molecule has 0 aromatic carbocycles. The molecule has 0 saturated heterocycles. The van der Waals surface area contributed by atoms with Gasteiger partial charge in [0.2, 0.25) is 5.91 Å². The summed E-state index contributed by atoms with van der Waals surface area (Å²) in [6.07, 6.45) is 41.6. The number of aliphatic hydroxyl groups excluding tert-OH is 2. The zero-order chi connectivity index (χ0) is 33.9. The first-order valence-corrected chi connectivity index (χ1v) is 20.7. The summed E-state index contributed by atoms with van der Waals surface area (Å²) in [5, 5.41) is 23.0. The number of unbranched alkanes of at least 4 members (excludes halogenated alkanes) is 24. The molecule has 46 heavy (non-hydrogen) atoms. The number of allylic oxidation sites excluding steroid dienone is 1. The van der Waals surface area contributed by atoms with Crippen molar-refractivity contribution in [3.63, 3.8) is 0 Å². The maximum absolute atomic E-state index is 12.4. The molecule has 0 aliphatic rings. The van der Waals surface area contributed by atoms with Crippen LogP contribution in [0.25, 0.3) is 0 Å². The fourth-order valence-corrected chi connectivity index (χ4v) is 6.40. The highest BCUT2D eigenvalue weighted by atomic mass is 16.3. The van der Waals surface area contributed by atoms with Gasteiger partial charge in [-0.2, -0.15) is 0 Å². The van der Waals surface area contributed by atoms with Crippen LogP contribution in [0.3, 0.4) is 0 Å². The van der Waals surface area contributed by atoms with Crippen LogP contribution >= 0.6 is 0 Å². The van der Waals surface area contributed by atoms with E-state index in [0.717, 1.165) is 37.5 Å². The van der Waals surface area contributed by atoms with E-state index < -0.39 is 12.1 Å². The molecule has 0 heterocycles. The molecule has 0 aliphatic heterocycles. The maximum atomic E-state index is 12.4. The van der Waals surface area contributed by atoms with Crippen molar-refractivity contribution in [3.05, 3.63) is 12.2 Å².